The summed E-state index contributed by atoms with van der Waals surface area (Å²) in [5.41, 5.74) is 0. The van der Waals surface area contributed by atoms with E-state index in [2.05, 4.69) is 12.2 Å². The van der Waals surface area contributed by atoms with Crippen LogP contribution in [-0.4, -0.2) is 5.05 Å². The van der Waals surface area contributed by atoms with Gasteiger partial charge in [-0.2, -0.15) is 0 Å². The normalized spacial score (nSPS) is 7.62. The van der Waals surface area contributed by atoms with Crippen LogP contribution in [0.3, 0.4) is 0 Å². The van der Waals surface area contributed by atoms with Gasteiger partial charge in [0.05, 0.1) is 0 Å². The maximum atomic E-state index is 10.0. The van der Waals surface area contributed by atoms with Crippen molar-refractivity contribution in [2.75, 3.05) is 0 Å². The predicted octanol–water partition coefficient (Wildman–Crippen LogP) is -2.13. The van der Waals surface area contributed by atoms with Gasteiger partial charge in [-0.25, -0.2) is 0 Å². The summed E-state index contributed by atoms with van der Waals surface area (Å²) >= 11 is 4.31. The molecule has 0 saturated heterocycles. The fourth-order valence-corrected chi connectivity index (χ4v) is 0.465. The third kappa shape index (κ3) is 10.00. The molecule has 0 aromatic heterocycles. The first-order chi connectivity index (χ1) is 3.27. The Morgan fingerprint density at radius 1 is 1.62 bits per heavy atom. The molecule has 0 aliphatic rings. The standard InChI is InChI=1S/C5H10OS.Na/c1-2-3-4-5(6)7;/h2-4H2,1H3,(H,6,7);/q;+1/p-1. The van der Waals surface area contributed by atoms with E-state index in [1.807, 2.05) is 6.92 Å². The molecule has 0 aliphatic carbocycles. The predicted molar refractivity (Wildman–Crippen MR) is 32.1 cm³/mol. The molecule has 0 saturated carbocycles. The first-order valence-electron chi connectivity index (χ1n) is 2.47. The van der Waals surface area contributed by atoms with Gasteiger partial charge in [-0.05, 0) is 12.8 Å². The Bertz CT molecular complexity index is 65.4. The first kappa shape index (κ1) is 11.7. The van der Waals surface area contributed by atoms with Crippen LogP contribution in [0.4, 0.5) is 0 Å². The van der Waals surface area contributed by atoms with Crippen molar-refractivity contribution in [2.45, 2.75) is 26.2 Å². The van der Waals surface area contributed by atoms with Crippen molar-refractivity contribution < 1.29 is 34.7 Å². The van der Waals surface area contributed by atoms with Gasteiger partial charge in [0, 0.05) is 0 Å². The number of unbranched alkanes of at least 4 members (excludes halogenated alkanes) is 1. The zero-order chi connectivity index (χ0) is 5.70. The third-order valence-electron chi connectivity index (χ3n) is 0.734. The average Bonchev–Trinajstić information content (AvgIpc) is 1.61. The second-order valence-electron chi connectivity index (χ2n) is 1.48. The van der Waals surface area contributed by atoms with E-state index in [0.29, 0.717) is 6.42 Å². The Hall–Kier alpha value is 0.890. The minimum Gasteiger partial charge on any atom is -0.867 e. The Morgan fingerprint density at radius 3 is 2.25 bits per heavy atom. The van der Waals surface area contributed by atoms with Crippen molar-refractivity contribution in [1.82, 2.24) is 0 Å². The van der Waals surface area contributed by atoms with Crippen molar-refractivity contribution in [3.8, 4) is 0 Å². The van der Waals surface area contributed by atoms with Gasteiger partial charge in [0.1, 0.15) is 0 Å². The van der Waals surface area contributed by atoms with Gasteiger partial charge in [0.15, 0.2) is 0 Å². The zero-order valence-corrected chi connectivity index (χ0v) is 8.25. The fraction of sp³-hybridized carbons (Fsp3) is 0.800. The summed E-state index contributed by atoms with van der Waals surface area (Å²) in [7, 11) is 0. The van der Waals surface area contributed by atoms with Crippen molar-refractivity contribution in [2.24, 2.45) is 0 Å². The molecule has 42 valence electrons. The van der Waals surface area contributed by atoms with E-state index in [9.17, 15) is 5.11 Å². The van der Waals surface area contributed by atoms with Gasteiger partial charge in [-0.3, -0.25) is 0 Å². The Kier molecular flexibility index (Phi) is 11.5. The minimum atomic E-state index is -0.109. The number of hydrogen-bond donors (Lipinski definition) is 0. The molecule has 0 N–H and O–H groups in total. The van der Waals surface area contributed by atoms with E-state index < -0.39 is 0 Å². The maximum Gasteiger partial charge on any atom is 1.00 e. The molecule has 0 fully saturated rings. The van der Waals surface area contributed by atoms with Crippen LogP contribution in [0.15, 0.2) is 0 Å². The van der Waals surface area contributed by atoms with Crippen LogP contribution in [0, 0.1) is 0 Å². The monoisotopic (exact) mass is 140 g/mol. The van der Waals surface area contributed by atoms with Crippen LogP contribution in [0.1, 0.15) is 26.2 Å². The maximum absolute atomic E-state index is 10.0. The molecule has 0 heterocycles. The topological polar surface area (TPSA) is 23.1 Å². The van der Waals surface area contributed by atoms with Crippen LogP contribution in [0.2, 0.25) is 0 Å². The van der Waals surface area contributed by atoms with Crippen LogP contribution >= 0.6 is 12.2 Å². The van der Waals surface area contributed by atoms with Crippen LogP contribution in [0.25, 0.3) is 0 Å². The van der Waals surface area contributed by atoms with Gasteiger partial charge in [-0.15, -0.1) is 12.2 Å². The Balaban J connectivity index is 0. The van der Waals surface area contributed by atoms with Crippen molar-refractivity contribution in [3.63, 3.8) is 0 Å². The van der Waals surface area contributed by atoms with E-state index >= 15 is 0 Å². The molecule has 0 aromatic carbocycles. The molecule has 0 aromatic rings. The third-order valence-corrected chi connectivity index (χ3v) is 0.939. The van der Waals surface area contributed by atoms with Gasteiger partial charge >= 0.3 is 29.6 Å². The van der Waals surface area contributed by atoms with Crippen molar-refractivity contribution in [1.29, 1.82) is 0 Å². The van der Waals surface area contributed by atoms with Gasteiger partial charge in [-0.1, -0.05) is 18.4 Å². The second kappa shape index (κ2) is 7.89. The second-order valence-corrected chi connectivity index (χ2v) is 1.93. The van der Waals surface area contributed by atoms with E-state index in [-0.39, 0.29) is 34.6 Å². The molecule has 0 spiro atoms. The smallest absolute Gasteiger partial charge is 0.867 e. The molecule has 0 atom stereocenters. The quantitative estimate of drug-likeness (QED) is 0.330. The van der Waals surface area contributed by atoms with Gasteiger partial charge in [0.25, 0.3) is 0 Å². The summed E-state index contributed by atoms with van der Waals surface area (Å²) in [4.78, 5) is 0. The fourth-order valence-electron chi connectivity index (χ4n) is 0.321. The molecular weight excluding hydrogens is 131 g/mol. The number of rotatable bonds is 3. The largest absolute Gasteiger partial charge is 1.00 e. The molecule has 0 amide bonds. The summed E-state index contributed by atoms with van der Waals surface area (Å²) in [5.74, 6) is 0. The first-order valence-corrected chi connectivity index (χ1v) is 2.88. The van der Waals surface area contributed by atoms with Crippen LogP contribution in [0.5, 0.6) is 0 Å². The molecule has 0 aliphatic heterocycles. The zero-order valence-electron chi connectivity index (χ0n) is 5.44. The molecular formula is C5H9NaOS. The van der Waals surface area contributed by atoms with Crippen molar-refractivity contribution >= 4 is 17.3 Å². The summed E-state index contributed by atoms with van der Waals surface area (Å²) in [5, 5.41) is 9.91. The minimum absolute atomic E-state index is 0. The SMILES string of the molecule is CCCCC([O-])=S.[Na+]. The summed E-state index contributed by atoms with van der Waals surface area (Å²) in [6.07, 6.45) is 2.58. The molecule has 0 radical (unpaired) electrons. The van der Waals surface area contributed by atoms with Crippen LogP contribution in [-0.2, 0) is 0 Å². The van der Waals surface area contributed by atoms with Crippen molar-refractivity contribution in [3.05, 3.63) is 0 Å². The van der Waals surface area contributed by atoms with Crippen LogP contribution < -0.4 is 34.7 Å². The molecule has 3 heteroatoms. The van der Waals surface area contributed by atoms with E-state index in [4.69, 9.17) is 0 Å². The van der Waals surface area contributed by atoms with E-state index in [1.165, 1.54) is 0 Å². The van der Waals surface area contributed by atoms with E-state index in [0.717, 1.165) is 12.8 Å². The Morgan fingerprint density at radius 2 is 2.12 bits per heavy atom. The summed E-state index contributed by atoms with van der Waals surface area (Å²) in [6, 6.07) is 0. The number of thiocarbonyl (C=S) groups is 1. The molecule has 0 unspecified atom stereocenters. The van der Waals surface area contributed by atoms with Gasteiger partial charge < -0.3 is 5.11 Å². The molecule has 0 rings (SSSR count). The summed E-state index contributed by atoms with van der Waals surface area (Å²) in [6.45, 7) is 2.04. The number of hydrogen-bond acceptors (Lipinski definition) is 2. The van der Waals surface area contributed by atoms with Gasteiger partial charge in [0.2, 0.25) is 0 Å². The summed E-state index contributed by atoms with van der Waals surface area (Å²) < 4.78 is 0. The molecule has 8 heavy (non-hydrogen) atoms. The molecule has 1 nitrogen and oxygen atoms in total. The molecule has 0 bridgehead atoms. The Labute approximate surface area is 77.8 Å². The van der Waals surface area contributed by atoms with E-state index in [1.54, 1.807) is 0 Å². The average molecular weight is 140 g/mol.